The van der Waals surface area contributed by atoms with Gasteiger partial charge in [-0.05, 0) is 24.0 Å². The largest absolute Gasteiger partial charge is 0.383 e. The van der Waals surface area contributed by atoms with E-state index in [1.807, 2.05) is 38.3 Å². The van der Waals surface area contributed by atoms with Gasteiger partial charge in [0.2, 0.25) is 5.91 Å². The first-order valence-electron chi connectivity index (χ1n) is 13.9. The van der Waals surface area contributed by atoms with Gasteiger partial charge in [0.05, 0.1) is 18.4 Å². The van der Waals surface area contributed by atoms with Crippen LogP contribution >= 0.6 is 11.3 Å². The summed E-state index contributed by atoms with van der Waals surface area (Å²) in [5, 5.41) is 6.01. The van der Waals surface area contributed by atoms with Crippen molar-refractivity contribution in [1.29, 1.82) is 0 Å². The first kappa shape index (κ1) is 28.7. The Morgan fingerprint density at radius 2 is 1.88 bits per heavy atom. The molecule has 1 N–H and O–H groups in total. The molecule has 3 aliphatic rings. The van der Waals surface area contributed by atoms with Crippen LogP contribution in [0.4, 0.5) is 5.13 Å². The standard InChI is InChI=1S/C29H39N5O5S/c1-29(2,3)25(27(37)34-10-9-23-24(34)22(35)17-39-23)31-26(36)20-7-5-19(6-8-20)21-18-40-28(30-21)33-13-11-32(12-14-33)15-16-38-4/h5-8,18,23-25H,9-17H2,1-4H3,(H,31,36)/t23-,24-,25-/m1/s1. The Bertz CT molecular complexity index is 1220. The van der Waals surface area contributed by atoms with Crippen LogP contribution in [0.1, 0.15) is 37.6 Å². The van der Waals surface area contributed by atoms with Gasteiger partial charge in [0.15, 0.2) is 10.9 Å². The molecule has 1 aromatic carbocycles. The van der Waals surface area contributed by atoms with E-state index in [4.69, 9.17) is 14.5 Å². The molecule has 216 valence electrons. The number of likely N-dealkylation sites (tertiary alicyclic amines) is 1. The summed E-state index contributed by atoms with van der Waals surface area (Å²) in [6.45, 7) is 11.8. The van der Waals surface area contributed by atoms with Gasteiger partial charge >= 0.3 is 0 Å². The van der Waals surface area contributed by atoms with E-state index in [-0.39, 0.29) is 30.3 Å². The van der Waals surface area contributed by atoms with Crippen LogP contribution in [-0.4, -0.2) is 110 Å². The van der Waals surface area contributed by atoms with Crippen LogP contribution in [-0.2, 0) is 19.1 Å². The molecule has 3 atom stereocenters. The Labute approximate surface area is 239 Å². The number of aromatic nitrogens is 1. The first-order valence-corrected chi connectivity index (χ1v) is 14.8. The van der Waals surface area contributed by atoms with Gasteiger partial charge in [0, 0.05) is 62.9 Å². The maximum atomic E-state index is 13.6. The Morgan fingerprint density at radius 1 is 1.15 bits per heavy atom. The van der Waals surface area contributed by atoms with Crippen molar-refractivity contribution in [2.24, 2.45) is 5.41 Å². The number of hydrogen-bond donors (Lipinski definition) is 1. The molecule has 0 radical (unpaired) electrons. The number of carbonyl (C=O) groups is 3. The molecule has 0 spiro atoms. The number of ketones is 1. The minimum Gasteiger partial charge on any atom is -0.383 e. The Morgan fingerprint density at radius 3 is 2.55 bits per heavy atom. The van der Waals surface area contributed by atoms with Gasteiger partial charge in [-0.15, -0.1) is 11.3 Å². The summed E-state index contributed by atoms with van der Waals surface area (Å²) in [5.74, 6) is -0.631. The summed E-state index contributed by atoms with van der Waals surface area (Å²) in [7, 11) is 1.73. The van der Waals surface area contributed by atoms with E-state index in [2.05, 4.69) is 15.1 Å². The number of amides is 2. The number of rotatable bonds is 8. The fraction of sp³-hybridized carbons (Fsp3) is 0.586. The van der Waals surface area contributed by atoms with Crippen molar-refractivity contribution < 1.29 is 23.9 Å². The number of benzene rings is 1. The monoisotopic (exact) mass is 569 g/mol. The van der Waals surface area contributed by atoms with Crippen LogP contribution in [0.3, 0.4) is 0 Å². The molecule has 10 nitrogen and oxygen atoms in total. The maximum Gasteiger partial charge on any atom is 0.251 e. The lowest BCUT2D eigenvalue weighted by Crippen LogP contribution is -2.57. The van der Waals surface area contributed by atoms with Crippen molar-refractivity contribution in [3.05, 3.63) is 35.2 Å². The summed E-state index contributed by atoms with van der Waals surface area (Å²) in [5.41, 5.74) is 1.74. The number of Topliss-reactive ketones (excluding diaryl/α,β-unsaturated/α-hetero) is 1. The summed E-state index contributed by atoms with van der Waals surface area (Å²) in [6, 6.07) is 6.00. The zero-order chi connectivity index (χ0) is 28.4. The molecule has 3 fully saturated rings. The van der Waals surface area contributed by atoms with Gasteiger partial charge in [-0.3, -0.25) is 19.3 Å². The van der Waals surface area contributed by atoms with Gasteiger partial charge in [-0.25, -0.2) is 4.98 Å². The highest BCUT2D eigenvalue weighted by molar-refractivity contribution is 7.14. The second-order valence-corrected chi connectivity index (χ2v) is 12.6. The number of methoxy groups -OCH3 is 1. The summed E-state index contributed by atoms with van der Waals surface area (Å²) < 4.78 is 10.7. The molecule has 0 unspecified atom stereocenters. The molecular weight excluding hydrogens is 530 g/mol. The molecule has 40 heavy (non-hydrogen) atoms. The molecule has 2 amide bonds. The number of carbonyl (C=O) groups excluding carboxylic acids is 3. The van der Waals surface area contributed by atoms with Gasteiger partial charge in [0.25, 0.3) is 5.91 Å². The molecule has 0 saturated carbocycles. The van der Waals surface area contributed by atoms with E-state index in [0.717, 1.165) is 55.7 Å². The Kier molecular flexibility index (Phi) is 8.55. The lowest BCUT2D eigenvalue weighted by Gasteiger charge is -2.35. The second-order valence-electron chi connectivity index (χ2n) is 11.8. The zero-order valence-electron chi connectivity index (χ0n) is 23.7. The minimum atomic E-state index is -0.775. The third-order valence-electron chi connectivity index (χ3n) is 7.97. The van der Waals surface area contributed by atoms with E-state index >= 15 is 0 Å². The van der Waals surface area contributed by atoms with E-state index in [1.54, 1.807) is 35.5 Å². The van der Waals surface area contributed by atoms with Crippen molar-refractivity contribution in [1.82, 2.24) is 20.1 Å². The predicted octanol–water partition coefficient (Wildman–Crippen LogP) is 2.29. The molecule has 1 aromatic heterocycles. The summed E-state index contributed by atoms with van der Waals surface area (Å²) in [4.78, 5) is 50.4. The predicted molar refractivity (Wildman–Crippen MR) is 154 cm³/mol. The second kappa shape index (κ2) is 11.9. The third-order valence-corrected chi connectivity index (χ3v) is 8.87. The van der Waals surface area contributed by atoms with Crippen molar-refractivity contribution in [3.8, 4) is 11.3 Å². The van der Waals surface area contributed by atoms with Crippen molar-refractivity contribution in [3.63, 3.8) is 0 Å². The minimum absolute atomic E-state index is 0.0456. The fourth-order valence-corrected chi connectivity index (χ4v) is 6.48. The van der Waals surface area contributed by atoms with Crippen molar-refractivity contribution in [2.45, 2.75) is 45.4 Å². The topological polar surface area (TPSA) is 104 Å². The van der Waals surface area contributed by atoms with Gasteiger partial charge < -0.3 is 24.6 Å². The molecule has 0 aliphatic carbocycles. The van der Waals surface area contributed by atoms with E-state index in [0.29, 0.717) is 18.5 Å². The zero-order valence-corrected chi connectivity index (χ0v) is 24.5. The number of nitrogens with zero attached hydrogens (tertiary/aromatic N) is 4. The summed E-state index contributed by atoms with van der Waals surface area (Å²) >= 11 is 1.63. The van der Waals surface area contributed by atoms with Crippen LogP contribution in [0, 0.1) is 5.41 Å². The van der Waals surface area contributed by atoms with E-state index in [1.165, 1.54) is 0 Å². The number of thiazole rings is 1. The van der Waals surface area contributed by atoms with Gasteiger partial charge in [-0.2, -0.15) is 0 Å². The quantitative estimate of drug-likeness (QED) is 0.517. The fourth-order valence-electron chi connectivity index (χ4n) is 5.59. The molecule has 5 rings (SSSR count). The third kappa shape index (κ3) is 6.07. The lowest BCUT2D eigenvalue weighted by atomic mass is 9.85. The van der Waals surface area contributed by atoms with Crippen LogP contribution in [0.5, 0.6) is 0 Å². The Hall–Kier alpha value is -2.86. The molecule has 3 saturated heterocycles. The Balaban J connectivity index is 1.22. The van der Waals surface area contributed by atoms with Crippen LogP contribution in [0.25, 0.3) is 11.3 Å². The van der Waals surface area contributed by atoms with E-state index < -0.39 is 17.5 Å². The lowest BCUT2D eigenvalue weighted by molar-refractivity contribution is -0.140. The average Bonchev–Trinajstić information content (AvgIpc) is 3.68. The van der Waals surface area contributed by atoms with Gasteiger partial charge in [0.1, 0.15) is 18.7 Å². The number of piperazine rings is 1. The van der Waals surface area contributed by atoms with Gasteiger partial charge in [-0.1, -0.05) is 32.9 Å². The van der Waals surface area contributed by atoms with Crippen molar-refractivity contribution in [2.75, 3.05) is 64.5 Å². The average molecular weight is 570 g/mol. The molecule has 3 aliphatic heterocycles. The summed E-state index contributed by atoms with van der Waals surface area (Å²) in [6.07, 6.45) is 0.397. The van der Waals surface area contributed by atoms with Crippen LogP contribution in [0.15, 0.2) is 29.6 Å². The van der Waals surface area contributed by atoms with Crippen LogP contribution in [0.2, 0.25) is 0 Å². The number of ether oxygens (including phenoxy) is 2. The maximum absolute atomic E-state index is 13.6. The number of fused-ring (bicyclic) bond motifs is 1. The molecule has 11 heteroatoms. The van der Waals surface area contributed by atoms with E-state index in [9.17, 15) is 14.4 Å². The number of nitrogens with one attached hydrogen (secondary N) is 1. The molecular formula is C29H39N5O5S. The number of hydrogen-bond acceptors (Lipinski definition) is 9. The van der Waals surface area contributed by atoms with Crippen molar-refractivity contribution >= 4 is 34.1 Å². The smallest absolute Gasteiger partial charge is 0.251 e. The molecule has 4 heterocycles. The molecule has 0 bridgehead atoms. The highest BCUT2D eigenvalue weighted by Crippen LogP contribution is 2.31. The highest BCUT2D eigenvalue weighted by Gasteiger charge is 2.49. The van der Waals surface area contributed by atoms with Crippen LogP contribution < -0.4 is 10.2 Å². The SMILES string of the molecule is COCCN1CCN(c2nc(-c3ccc(C(=O)N[C@H](C(=O)N4CC[C@H]5OCC(=O)[C@H]54)C(C)(C)C)cc3)cs2)CC1. The number of anilines is 1. The normalized spacial score (nSPS) is 22.4. The highest BCUT2D eigenvalue weighted by atomic mass is 32.1. The molecule has 2 aromatic rings. The first-order chi connectivity index (χ1) is 19.2.